The molecule has 0 aliphatic rings. The van der Waals surface area contributed by atoms with Gasteiger partial charge in [0.15, 0.2) is 0 Å². The molecular formula is C17H18N2. The average Bonchev–Trinajstić information content (AvgIpc) is 2.87. The number of nitrogens with one attached hydrogen (secondary N) is 2. The van der Waals surface area contributed by atoms with E-state index in [4.69, 9.17) is 0 Å². The maximum absolute atomic E-state index is 3.48. The Balaban J connectivity index is 1.75. The Kier molecular flexibility index (Phi) is 3.00. The molecule has 2 N–H and O–H groups in total. The van der Waals surface area contributed by atoms with Crippen molar-refractivity contribution in [2.24, 2.45) is 0 Å². The molecule has 0 unspecified atom stereocenters. The van der Waals surface area contributed by atoms with Crippen molar-refractivity contribution in [3.8, 4) is 0 Å². The average molecular weight is 250 g/mol. The van der Waals surface area contributed by atoms with Crippen LogP contribution in [0.3, 0.4) is 0 Å². The fourth-order valence-corrected chi connectivity index (χ4v) is 2.28. The SMILES string of the molecule is Cc1ccc(CNc2ccc3[nH]ccc3c2)cc1C. The summed E-state index contributed by atoms with van der Waals surface area (Å²) in [5, 5.41) is 4.72. The van der Waals surface area contributed by atoms with Gasteiger partial charge in [0, 0.05) is 29.3 Å². The highest BCUT2D eigenvalue weighted by Gasteiger charge is 1.99. The molecule has 0 atom stereocenters. The highest BCUT2D eigenvalue weighted by atomic mass is 14.9. The van der Waals surface area contributed by atoms with E-state index in [0.717, 1.165) is 12.2 Å². The summed E-state index contributed by atoms with van der Waals surface area (Å²) in [5.74, 6) is 0. The maximum Gasteiger partial charge on any atom is 0.0455 e. The molecule has 2 nitrogen and oxygen atoms in total. The van der Waals surface area contributed by atoms with Gasteiger partial charge < -0.3 is 10.3 Å². The number of fused-ring (bicyclic) bond motifs is 1. The first-order chi connectivity index (χ1) is 9.22. The predicted octanol–water partition coefficient (Wildman–Crippen LogP) is 4.40. The van der Waals surface area contributed by atoms with Gasteiger partial charge in [0.2, 0.25) is 0 Å². The molecule has 0 radical (unpaired) electrons. The summed E-state index contributed by atoms with van der Waals surface area (Å²) in [4.78, 5) is 3.21. The van der Waals surface area contributed by atoms with Gasteiger partial charge in [0.25, 0.3) is 0 Å². The normalized spacial score (nSPS) is 10.8. The number of aryl methyl sites for hydroxylation is 2. The van der Waals surface area contributed by atoms with Crippen molar-refractivity contribution in [1.82, 2.24) is 4.98 Å². The topological polar surface area (TPSA) is 27.8 Å². The predicted molar refractivity (Wildman–Crippen MR) is 81.5 cm³/mol. The molecule has 19 heavy (non-hydrogen) atoms. The molecule has 0 aliphatic heterocycles. The highest BCUT2D eigenvalue weighted by molar-refractivity contribution is 5.82. The molecule has 96 valence electrons. The molecule has 0 fully saturated rings. The van der Waals surface area contributed by atoms with E-state index in [9.17, 15) is 0 Å². The van der Waals surface area contributed by atoms with Crippen LogP contribution in [0.25, 0.3) is 10.9 Å². The minimum atomic E-state index is 0.858. The van der Waals surface area contributed by atoms with Crippen LogP contribution in [0.15, 0.2) is 48.7 Å². The van der Waals surface area contributed by atoms with Gasteiger partial charge >= 0.3 is 0 Å². The monoisotopic (exact) mass is 250 g/mol. The van der Waals surface area contributed by atoms with Crippen LogP contribution in [-0.2, 0) is 6.54 Å². The standard InChI is InChI=1S/C17H18N2/c1-12-3-4-14(9-13(12)2)11-19-16-5-6-17-15(10-16)7-8-18-17/h3-10,18-19H,11H2,1-2H3. The van der Waals surface area contributed by atoms with E-state index in [1.54, 1.807) is 0 Å². The fourth-order valence-electron chi connectivity index (χ4n) is 2.28. The summed E-state index contributed by atoms with van der Waals surface area (Å²) >= 11 is 0. The van der Waals surface area contributed by atoms with Gasteiger partial charge in [0.1, 0.15) is 0 Å². The third-order valence-electron chi connectivity index (χ3n) is 3.62. The first kappa shape index (κ1) is 11.8. The number of rotatable bonds is 3. The third kappa shape index (κ3) is 2.48. The first-order valence-electron chi connectivity index (χ1n) is 6.59. The maximum atomic E-state index is 3.48. The van der Waals surface area contributed by atoms with Crippen LogP contribution in [0.1, 0.15) is 16.7 Å². The van der Waals surface area contributed by atoms with E-state index < -0.39 is 0 Å². The quantitative estimate of drug-likeness (QED) is 0.708. The van der Waals surface area contributed by atoms with Crippen molar-refractivity contribution in [2.75, 3.05) is 5.32 Å². The summed E-state index contributed by atoms with van der Waals surface area (Å²) in [6.07, 6.45) is 1.97. The molecule has 0 saturated heterocycles. The van der Waals surface area contributed by atoms with Crippen molar-refractivity contribution in [2.45, 2.75) is 20.4 Å². The van der Waals surface area contributed by atoms with Gasteiger partial charge in [-0.15, -0.1) is 0 Å². The van der Waals surface area contributed by atoms with Gasteiger partial charge in [-0.25, -0.2) is 0 Å². The number of aromatic amines is 1. The lowest BCUT2D eigenvalue weighted by atomic mass is 10.1. The Hall–Kier alpha value is -2.22. The second-order valence-corrected chi connectivity index (χ2v) is 5.05. The molecule has 0 bridgehead atoms. The Morgan fingerprint density at radius 2 is 1.84 bits per heavy atom. The molecule has 2 heteroatoms. The second-order valence-electron chi connectivity index (χ2n) is 5.05. The van der Waals surface area contributed by atoms with Gasteiger partial charge in [0.05, 0.1) is 0 Å². The molecule has 0 aliphatic carbocycles. The smallest absolute Gasteiger partial charge is 0.0455 e. The van der Waals surface area contributed by atoms with Gasteiger partial charge in [-0.2, -0.15) is 0 Å². The van der Waals surface area contributed by atoms with Crippen LogP contribution in [0.2, 0.25) is 0 Å². The van der Waals surface area contributed by atoms with Crippen molar-refractivity contribution >= 4 is 16.6 Å². The van der Waals surface area contributed by atoms with Crippen LogP contribution in [-0.4, -0.2) is 4.98 Å². The molecule has 0 saturated carbocycles. The third-order valence-corrected chi connectivity index (χ3v) is 3.62. The lowest BCUT2D eigenvalue weighted by molar-refractivity contribution is 1.13. The van der Waals surface area contributed by atoms with Crippen LogP contribution in [0.5, 0.6) is 0 Å². The molecule has 3 aromatic rings. The molecule has 0 amide bonds. The zero-order chi connectivity index (χ0) is 13.2. The zero-order valence-corrected chi connectivity index (χ0v) is 11.3. The summed E-state index contributed by atoms with van der Waals surface area (Å²) in [5.41, 5.74) is 6.34. The van der Waals surface area contributed by atoms with Crippen LogP contribution in [0.4, 0.5) is 5.69 Å². The highest BCUT2D eigenvalue weighted by Crippen LogP contribution is 2.19. The fraction of sp³-hybridized carbons (Fsp3) is 0.176. The largest absolute Gasteiger partial charge is 0.381 e. The van der Waals surface area contributed by atoms with Crippen LogP contribution in [0, 0.1) is 13.8 Å². The van der Waals surface area contributed by atoms with Crippen LogP contribution < -0.4 is 5.32 Å². The lowest BCUT2D eigenvalue weighted by Crippen LogP contribution is -1.99. The Morgan fingerprint density at radius 3 is 2.68 bits per heavy atom. The van der Waals surface area contributed by atoms with Crippen molar-refractivity contribution in [3.05, 3.63) is 65.4 Å². The van der Waals surface area contributed by atoms with Crippen molar-refractivity contribution < 1.29 is 0 Å². The number of aromatic nitrogens is 1. The molecule has 1 heterocycles. The molecular weight excluding hydrogens is 232 g/mol. The van der Waals surface area contributed by atoms with Gasteiger partial charge in [-0.05, 0) is 54.8 Å². The number of hydrogen-bond acceptors (Lipinski definition) is 1. The number of H-pyrrole nitrogens is 1. The minimum Gasteiger partial charge on any atom is -0.381 e. The summed E-state index contributed by atoms with van der Waals surface area (Å²) in [6, 6.07) is 15.1. The van der Waals surface area contributed by atoms with E-state index in [2.05, 4.69) is 66.6 Å². The van der Waals surface area contributed by atoms with Gasteiger partial charge in [-0.3, -0.25) is 0 Å². The summed E-state index contributed by atoms with van der Waals surface area (Å²) in [6.45, 7) is 5.16. The minimum absolute atomic E-state index is 0.858. The van der Waals surface area contributed by atoms with Crippen molar-refractivity contribution in [1.29, 1.82) is 0 Å². The van der Waals surface area contributed by atoms with E-state index in [-0.39, 0.29) is 0 Å². The molecule has 3 rings (SSSR count). The number of anilines is 1. The van der Waals surface area contributed by atoms with E-state index in [1.807, 2.05) is 6.20 Å². The van der Waals surface area contributed by atoms with Gasteiger partial charge in [-0.1, -0.05) is 18.2 Å². The number of hydrogen-bond donors (Lipinski definition) is 2. The Morgan fingerprint density at radius 1 is 0.947 bits per heavy atom. The Bertz CT molecular complexity index is 710. The lowest BCUT2D eigenvalue weighted by Gasteiger charge is -2.08. The zero-order valence-electron chi connectivity index (χ0n) is 11.3. The second kappa shape index (κ2) is 4.81. The van der Waals surface area contributed by atoms with Crippen LogP contribution >= 0.6 is 0 Å². The van der Waals surface area contributed by atoms with E-state index in [1.165, 1.54) is 27.6 Å². The molecule has 0 spiro atoms. The molecule has 2 aromatic carbocycles. The first-order valence-corrected chi connectivity index (χ1v) is 6.59. The Labute approximate surface area is 113 Å². The summed E-state index contributed by atoms with van der Waals surface area (Å²) < 4.78 is 0. The van der Waals surface area contributed by atoms with E-state index >= 15 is 0 Å². The van der Waals surface area contributed by atoms with E-state index in [0.29, 0.717) is 0 Å². The van der Waals surface area contributed by atoms with Crippen molar-refractivity contribution in [3.63, 3.8) is 0 Å². The number of benzene rings is 2. The summed E-state index contributed by atoms with van der Waals surface area (Å²) in [7, 11) is 0. The molecule has 1 aromatic heterocycles.